The normalized spacial score (nSPS) is 14.7. The minimum absolute atomic E-state index is 0.102. The Balaban J connectivity index is 1.91. The van der Waals surface area contributed by atoms with Crippen molar-refractivity contribution in [3.05, 3.63) is 51.7 Å². The van der Waals surface area contributed by atoms with Crippen LogP contribution in [0.3, 0.4) is 0 Å². The Morgan fingerprint density at radius 2 is 2.00 bits per heavy atom. The van der Waals surface area contributed by atoms with Crippen LogP contribution in [0.25, 0.3) is 0 Å². The third-order valence-electron chi connectivity index (χ3n) is 3.61. The van der Waals surface area contributed by atoms with Crippen LogP contribution in [0.2, 0.25) is 0 Å². The zero-order chi connectivity index (χ0) is 14.8. The number of para-hydroxylation sites is 1. The highest BCUT2D eigenvalue weighted by Gasteiger charge is 2.22. The molecule has 0 saturated heterocycles. The number of anilines is 1. The van der Waals surface area contributed by atoms with Crippen molar-refractivity contribution in [1.29, 1.82) is 0 Å². The third-order valence-corrected chi connectivity index (χ3v) is 4.66. The van der Waals surface area contributed by atoms with Crippen molar-refractivity contribution < 1.29 is 14.7 Å². The Kier molecular flexibility index (Phi) is 3.75. The van der Waals surface area contributed by atoms with Crippen molar-refractivity contribution in [3.8, 4) is 0 Å². The van der Waals surface area contributed by atoms with Gasteiger partial charge >= 0.3 is 5.97 Å². The second kappa shape index (κ2) is 5.69. The maximum Gasteiger partial charge on any atom is 0.345 e. The van der Waals surface area contributed by atoms with Crippen LogP contribution in [0, 0.1) is 0 Å². The smallest absolute Gasteiger partial charge is 0.345 e. The first kappa shape index (κ1) is 13.8. The molecule has 1 aliphatic heterocycles. The minimum atomic E-state index is -0.922. The first-order valence-electron chi connectivity index (χ1n) is 6.85. The number of carboxylic acid groups (broad SMARTS) is 1. The van der Waals surface area contributed by atoms with Gasteiger partial charge in [0.2, 0.25) is 5.91 Å². The molecule has 1 N–H and O–H groups in total. The van der Waals surface area contributed by atoms with Gasteiger partial charge in [0.1, 0.15) is 4.88 Å². The molecule has 0 radical (unpaired) electrons. The molecule has 0 saturated carbocycles. The van der Waals surface area contributed by atoms with Crippen LogP contribution < -0.4 is 4.90 Å². The molecular weight excluding hydrogens is 286 g/mol. The van der Waals surface area contributed by atoms with Gasteiger partial charge in [-0.3, -0.25) is 4.79 Å². The topological polar surface area (TPSA) is 57.6 Å². The van der Waals surface area contributed by atoms with Gasteiger partial charge in [0.15, 0.2) is 0 Å². The van der Waals surface area contributed by atoms with Gasteiger partial charge in [-0.2, -0.15) is 0 Å². The SMILES string of the molecule is O=C(O)c1ccc(CN2C(=O)CCCc3ccccc32)s1. The number of benzene rings is 1. The van der Waals surface area contributed by atoms with Crippen molar-refractivity contribution >= 4 is 28.9 Å². The van der Waals surface area contributed by atoms with Crippen LogP contribution in [0.5, 0.6) is 0 Å². The Morgan fingerprint density at radius 1 is 1.19 bits per heavy atom. The van der Waals surface area contributed by atoms with E-state index in [4.69, 9.17) is 5.11 Å². The van der Waals surface area contributed by atoms with Gasteiger partial charge in [-0.05, 0) is 36.6 Å². The number of fused-ring (bicyclic) bond motifs is 1. The van der Waals surface area contributed by atoms with Crippen molar-refractivity contribution in [2.45, 2.75) is 25.8 Å². The van der Waals surface area contributed by atoms with E-state index in [1.165, 1.54) is 16.9 Å². The van der Waals surface area contributed by atoms with E-state index < -0.39 is 5.97 Å². The summed E-state index contributed by atoms with van der Waals surface area (Å²) in [5.41, 5.74) is 2.13. The first-order chi connectivity index (χ1) is 10.1. The van der Waals surface area contributed by atoms with Crippen molar-refractivity contribution in [2.75, 3.05) is 4.90 Å². The Morgan fingerprint density at radius 3 is 2.76 bits per heavy atom. The average Bonchev–Trinajstić information content (AvgIpc) is 2.88. The lowest BCUT2D eigenvalue weighted by Gasteiger charge is -2.22. The molecule has 0 bridgehead atoms. The summed E-state index contributed by atoms with van der Waals surface area (Å²) in [6.07, 6.45) is 2.30. The molecule has 3 rings (SSSR count). The fourth-order valence-corrected chi connectivity index (χ4v) is 3.43. The van der Waals surface area contributed by atoms with Crippen LogP contribution in [-0.4, -0.2) is 17.0 Å². The highest BCUT2D eigenvalue weighted by Crippen LogP contribution is 2.29. The van der Waals surface area contributed by atoms with E-state index >= 15 is 0 Å². The van der Waals surface area contributed by atoms with Gasteiger partial charge in [-0.25, -0.2) is 4.79 Å². The molecule has 5 heteroatoms. The summed E-state index contributed by atoms with van der Waals surface area (Å²) < 4.78 is 0. The van der Waals surface area contributed by atoms with Crippen molar-refractivity contribution in [2.24, 2.45) is 0 Å². The van der Waals surface area contributed by atoms with Gasteiger partial charge in [-0.1, -0.05) is 18.2 Å². The molecule has 4 nitrogen and oxygen atoms in total. The second-order valence-electron chi connectivity index (χ2n) is 5.03. The number of hydrogen-bond donors (Lipinski definition) is 1. The molecule has 0 unspecified atom stereocenters. The number of thiophene rings is 1. The highest BCUT2D eigenvalue weighted by atomic mass is 32.1. The number of hydrogen-bond acceptors (Lipinski definition) is 3. The van der Waals surface area contributed by atoms with Crippen molar-refractivity contribution in [3.63, 3.8) is 0 Å². The molecule has 1 aromatic heterocycles. The summed E-state index contributed by atoms with van der Waals surface area (Å²) in [7, 11) is 0. The fraction of sp³-hybridized carbons (Fsp3) is 0.250. The van der Waals surface area contributed by atoms with Gasteiger partial charge < -0.3 is 10.0 Å². The monoisotopic (exact) mass is 301 g/mol. The predicted molar refractivity (Wildman–Crippen MR) is 81.8 cm³/mol. The Bertz CT molecular complexity index is 692. The molecule has 108 valence electrons. The maximum atomic E-state index is 12.3. The molecule has 1 aliphatic rings. The molecular formula is C16H15NO3S. The summed E-state index contributed by atoms with van der Waals surface area (Å²) in [6, 6.07) is 11.3. The molecule has 1 aromatic carbocycles. The number of carbonyl (C=O) groups is 2. The standard InChI is InChI=1S/C16H15NO3S/c18-15-7-3-5-11-4-1-2-6-13(11)17(15)10-12-8-9-14(21-12)16(19)20/h1-2,4,6,8-9H,3,5,7,10H2,(H,19,20). The molecule has 0 fully saturated rings. The van der Waals surface area contributed by atoms with E-state index in [-0.39, 0.29) is 5.91 Å². The summed E-state index contributed by atoms with van der Waals surface area (Å²) in [6.45, 7) is 0.438. The molecule has 2 aromatic rings. The molecule has 0 spiro atoms. The molecule has 2 heterocycles. The zero-order valence-electron chi connectivity index (χ0n) is 11.4. The van der Waals surface area contributed by atoms with Crippen LogP contribution in [0.1, 0.15) is 33.0 Å². The predicted octanol–water partition coefficient (Wildman–Crippen LogP) is 3.32. The van der Waals surface area contributed by atoms with E-state index in [1.807, 2.05) is 18.2 Å². The number of carbonyl (C=O) groups excluding carboxylic acids is 1. The van der Waals surface area contributed by atoms with Gasteiger partial charge in [-0.15, -0.1) is 11.3 Å². The third kappa shape index (κ3) is 2.83. The van der Waals surface area contributed by atoms with Gasteiger partial charge in [0.25, 0.3) is 0 Å². The fourth-order valence-electron chi connectivity index (χ4n) is 2.59. The first-order valence-corrected chi connectivity index (χ1v) is 7.67. The van der Waals surface area contributed by atoms with Crippen molar-refractivity contribution in [1.82, 2.24) is 0 Å². The summed E-state index contributed by atoms with van der Waals surface area (Å²) in [5.74, 6) is -0.820. The van der Waals surface area contributed by atoms with Crippen LogP contribution >= 0.6 is 11.3 Å². The number of aromatic carboxylic acids is 1. The number of nitrogens with zero attached hydrogens (tertiary/aromatic N) is 1. The van der Waals surface area contributed by atoms with E-state index in [0.717, 1.165) is 23.4 Å². The maximum absolute atomic E-state index is 12.3. The highest BCUT2D eigenvalue weighted by molar-refractivity contribution is 7.13. The van der Waals surface area contributed by atoms with Gasteiger partial charge in [0, 0.05) is 17.0 Å². The lowest BCUT2D eigenvalue weighted by atomic mass is 10.1. The number of aryl methyl sites for hydroxylation is 1. The van der Waals surface area contributed by atoms with Gasteiger partial charge in [0.05, 0.1) is 6.54 Å². The quantitative estimate of drug-likeness (QED) is 0.946. The van der Waals surface area contributed by atoms with E-state index in [1.54, 1.807) is 17.0 Å². The second-order valence-corrected chi connectivity index (χ2v) is 6.20. The van der Waals surface area contributed by atoms with E-state index in [9.17, 15) is 9.59 Å². The van der Waals surface area contributed by atoms with Crippen LogP contribution in [0.4, 0.5) is 5.69 Å². The zero-order valence-corrected chi connectivity index (χ0v) is 12.2. The average molecular weight is 301 g/mol. The lowest BCUT2D eigenvalue weighted by molar-refractivity contribution is -0.118. The molecule has 0 aliphatic carbocycles. The van der Waals surface area contributed by atoms with E-state index in [2.05, 4.69) is 6.07 Å². The molecule has 21 heavy (non-hydrogen) atoms. The van der Waals surface area contributed by atoms with Crippen LogP contribution in [0.15, 0.2) is 36.4 Å². The Hall–Kier alpha value is -2.14. The minimum Gasteiger partial charge on any atom is -0.477 e. The molecule has 0 atom stereocenters. The molecule has 1 amide bonds. The van der Waals surface area contributed by atoms with Crippen LogP contribution in [-0.2, 0) is 17.8 Å². The summed E-state index contributed by atoms with van der Waals surface area (Å²) in [5, 5.41) is 8.99. The Labute approximate surface area is 126 Å². The number of amides is 1. The largest absolute Gasteiger partial charge is 0.477 e. The number of rotatable bonds is 3. The summed E-state index contributed by atoms with van der Waals surface area (Å²) in [4.78, 5) is 26.3. The number of carboxylic acids is 1. The summed E-state index contributed by atoms with van der Waals surface area (Å²) >= 11 is 1.22. The van der Waals surface area contributed by atoms with E-state index in [0.29, 0.717) is 17.8 Å². The lowest BCUT2D eigenvalue weighted by Crippen LogP contribution is -2.29.